The molecule has 2 amide bonds. The molecule has 4 heterocycles. The number of imidazole rings is 1. The van der Waals surface area contributed by atoms with E-state index in [1.807, 2.05) is 27.7 Å². The van der Waals surface area contributed by atoms with Crippen molar-refractivity contribution in [3.8, 4) is 0 Å². The zero-order chi connectivity index (χ0) is 18.6. The third kappa shape index (κ3) is 4.21. The summed E-state index contributed by atoms with van der Waals surface area (Å²) < 4.78 is 2.15. The van der Waals surface area contributed by atoms with Gasteiger partial charge in [-0.2, -0.15) is 0 Å². The van der Waals surface area contributed by atoms with E-state index in [4.69, 9.17) is 0 Å². The van der Waals surface area contributed by atoms with Gasteiger partial charge in [0.2, 0.25) is 11.8 Å². The third-order valence-corrected chi connectivity index (χ3v) is 6.10. The number of carbonyl (C=O) groups excluding carboxylic acids is 2. The first-order chi connectivity index (χ1) is 13.2. The molecule has 8 heteroatoms. The number of piperidine rings is 1. The number of carbonyl (C=O) groups is 2. The summed E-state index contributed by atoms with van der Waals surface area (Å²) in [6.45, 7) is 3.58. The van der Waals surface area contributed by atoms with Gasteiger partial charge >= 0.3 is 0 Å². The van der Waals surface area contributed by atoms with E-state index in [9.17, 15) is 9.59 Å². The lowest BCUT2D eigenvalue weighted by Gasteiger charge is -2.33. The Morgan fingerprint density at radius 1 is 1.26 bits per heavy atom. The van der Waals surface area contributed by atoms with E-state index in [0.717, 1.165) is 50.4 Å². The van der Waals surface area contributed by atoms with Crippen LogP contribution in [-0.2, 0) is 16.1 Å². The number of aromatic nitrogens is 3. The zero-order valence-corrected chi connectivity index (χ0v) is 16.2. The van der Waals surface area contributed by atoms with Crippen LogP contribution >= 0.6 is 11.3 Å². The van der Waals surface area contributed by atoms with Crippen LogP contribution in [0, 0.1) is 0 Å². The number of rotatable bonds is 6. The molecule has 144 valence electrons. The summed E-state index contributed by atoms with van der Waals surface area (Å²) >= 11 is 1.60. The topological polar surface area (TPSA) is 71.3 Å². The lowest BCUT2D eigenvalue weighted by atomic mass is 9.96. The quantitative estimate of drug-likeness (QED) is 0.761. The van der Waals surface area contributed by atoms with Crippen LogP contribution in [0.1, 0.15) is 49.5 Å². The lowest BCUT2D eigenvalue weighted by Crippen LogP contribution is -2.41. The normalized spacial score (nSPS) is 20.4. The van der Waals surface area contributed by atoms with Gasteiger partial charge in [-0.05, 0) is 19.3 Å². The molecule has 4 rings (SSSR count). The van der Waals surface area contributed by atoms with Crippen LogP contribution in [0.3, 0.4) is 0 Å². The minimum atomic E-state index is 0.150. The highest BCUT2D eigenvalue weighted by molar-refractivity contribution is 7.07. The van der Waals surface area contributed by atoms with Crippen LogP contribution in [0.4, 0.5) is 0 Å². The van der Waals surface area contributed by atoms with Crippen molar-refractivity contribution >= 4 is 23.2 Å². The van der Waals surface area contributed by atoms with Gasteiger partial charge in [0, 0.05) is 62.7 Å². The number of nitrogens with zero attached hydrogens (tertiary/aromatic N) is 5. The average Bonchev–Trinajstić information content (AvgIpc) is 3.43. The molecule has 0 radical (unpaired) electrons. The number of amides is 2. The van der Waals surface area contributed by atoms with Crippen molar-refractivity contribution in [1.82, 2.24) is 24.3 Å². The molecule has 0 N–H and O–H groups in total. The van der Waals surface area contributed by atoms with E-state index in [0.29, 0.717) is 25.9 Å². The summed E-state index contributed by atoms with van der Waals surface area (Å²) in [6.07, 6.45) is 7.83. The van der Waals surface area contributed by atoms with Gasteiger partial charge < -0.3 is 14.4 Å². The highest BCUT2D eigenvalue weighted by Crippen LogP contribution is 2.27. The number of likely N-dealkylation sites (tertiary alicyclic amines) is 2. The Morgan fingerprint density at radius 3 is 2.96 bits per heavy atom. The highest BCUT2D eigenvalue weighted by Gasteiger charge is 2.28. The van der Waals surface area contributed by atoms with Gasteiger partial charge in [0.1, 0.15) is 5.82 Å². The monoisotopic (exact) mass is 387 g/mol. The second-order valence-electron chi connectivity index (χ2n) is 7.31. The van der Waals surface area contributed by atoms with Gasteiger partial charge in [-0.15, -0.1) is 11.3 Å². The molecule has 2 aromatic heterocycles. The minimum Gasteiger partial charge on any atom is -0.342 e. The Labute approximate surface area is 163 Å². The van der Waals surface area contributed by atoms with Crippen molar-refractivity contribution in [2.24, 2.45) is 0 Å². The fraction of sp³-hybridized carbons (Fsp3) is 0.579. The molecule has 0 aromatic carbocycles. The summed E-state index contributed by atoms with van der Waals surface area (Å²) in [6, 6.07) is 0. The molecular formula is C19H25N5O2S. The van der Waals surface area contributed by atoms with Gasteiger partial charge in [-0.25, -0.2) is 9.97 Å². The molecule has 0 unspecified atom stereocenters. The smallest absolute Gasteiger partial charge is 0.224 e. The fourth-order valence-electron chi connectivity index (χ4n) is 4.05. The average molecular weight is 388 g/mol. The molecule has 0 aliphatic carbocycles. The lowest BCUT2D eigenvalue weighted by molar-refractivity contribution is -0.133. The van der Waals surface area contributed by atoms with Crippen LogP contribution < -0.4 is 0 Å². The Bertz CT molecular complexity index is 788. The number of thiazole rings is 1. The van der Waals surface area contributed by atoms with Crippen LogP contribution in [0.25, 0.3) is 0 Å². The molecular weight excluding hydrogens is 362 g/mol. The van der Waals surface area contributed by atoms with Gasteiger partial charge in [-0.3, -0.25) is 9.59 Å². The standard InChI is InChI=1S/C19H25N5O2S/c25-17-4-2-7-22(17)9-5-18(26)23-8-1-3-15(11-23)19-20-6-10-24(19)12-16-13-27-14-21-16/h6,10,13-15H,1-5,7-9,11-12H2/t15-/m1/s1. The predicted molar refractivity (Wildman–Crippen MR) is 102 cm³/mol. The van der Waals surface area contributed by atoms with Gasteiger partial charge in [0.05, 0.1) is 17.7 Å². The van der Waals surface area contributed by atoms with Gasteiger partial charge in [-0.1, -0.05) is 0 Å². The maximum absolute atomic E-state index is 12.7. The van der Waals surface area contributed by atoms with Crippen molar-refractivity contribution < 1.29 is 9.59 Å². The molecule has 2 aliphatic heterocycles. The molecule has 1 atom stereocenters. The van der Waals surface area contributed by atoms with Gasteiger partial charge in [0.25, 0.3) is 0 Å². The van der Waals surface area contributed by atoms with Gasteiger partial charge in [0.15, 0.2) is 0 Å². The summed E-state index contributed by atoms with van der Waals surface area (Å²) in [5.74, 6) is 1.63. The van der Waals surface area contributed by atoms with Crippen molar-refractivity contribution in [3.63, 3.8) is 0 Å². The minimum absolute atomic E-state index is 0.150. The van der Waals surface area contributed by atoms with Crippen molar-refractivity contribution in [2.75, 3.05) is 26.2 Å². The van der Waals surface area contributed by atoms with Crippen LogP contribution in [0.5, 0.6) is 0 Å². The molecule has 0 bridgehead atoms. The first-order valence-electron chi connectivity index (χ1n) is 9.64. The Kier molecular flexibility index (Phi) is 5.52. The number of hydrogen-bond donors (Lipinski definition) is 0. The third-order valence-electron chi connectivity index (χ3n) is 5.47. The van der Waals surface area contributed by atoms with E-state index < -0.39 is 0 Å². The first-order valence-corrected chi connectivity index (χ1v) is 10.6. The summed E-state index contributed by atoms with van der Waals surface area (Å²) in [7, 11) is 0. The maximum atomic E-state index is 12.7. The zero-order valence-electron chi connectivity index (χ0n) is 15.4. The molecule has 2 saturated heterocycles. The summed E-state index contributed by atoms with van der Waals surface area (Å²) in [4.78, 5) is 37.1. The number of hydrogen-bond acceptors (Lipinski definition) is 5. The van der Waals surface area contributed by atoms with Crippen LogP contribution in [0.15, 0.2) is 23.3 Å². The molecule has 27 heavy (non-hydrogen) atoms. The molecule has 2 aliphatic rings. The van der Waals surface area contributed by atoms with Crippen LogP contribution in [-0.4, -0.2) is 62.3 Å². The van der Waals surface area contributed by atoms with E-state index in [1.165, 1.54) is 0 Å². The van der Waals surface area contributed by atoms with Crippen molar-refractivity contribution in [2.45, 2.75) is 44.6 Å². The molecule has 2 aromatic rings. The summed E-state index contributed by atoms with van der Waals surface area (Å²) in [5, 5.41) is 2.06. The van der Waals surface area contributed by atoms with Crippen molar-refractivity contribution in [3.05, 3.63) is 34.8 Å². The largest absolute Gasteiger partial charge is 0.342 e. The fourth-order valence-corrected chi connectivity index (χ4v) is 4.60. The second kappa shape index (κ2) is 8.21. The Hall–Kier alpha value is -2.22. The predicted octanol–water partition coefficient (Wildman–Crippen LogP) is 2.11. The van der Waals surface area contributed by atoms with E-state index >= 15 is 0 Å². The van der Waals surface area contributed by atoms with Crippen molar-refractivity contribution in [1.29, 1.82) is 0 Å². The van der Waals surface area contributed by atoms with E-state index in [1.54, 1.807) is 11.3 Å². The Morgan fingerprint density at radius 2 is 2.19 bits per heavy atom. The molecule has 7 nitrogen and oxygen atoms in total. The molecule has 2 fully saturated rings. The van der Waals surface area contributed by atoms with E-state index in [2.05, 4.69) is 19.9 Å². The molecule has 0 spiro atoms. The summed E-state index contributed by atoms with van der Waals surface area (Å²) in [5.41, 5.74) is 2.89. The molecule has 0 saturated carbocycles. The maximum Gasteiger partial charge on any atom is 0.224 e. The first kappa shape index (κ1) is 18.2. The second-order valence-corrected chi connectivity index (χ2v) is 8.03. The van der Waals surface area contributed by atoms with E-state index in [-0.39, 0.29) is 17.7 Å². The SMILES string of the molecule is O=C1CCCN1CCC(=O)N1CCC[C@@H](c2nccn2Cc2cscn2)C1. The highest BCUT2D eigenvalue weighted by atomic mass is 32.1. The Balaban J connectivity index is 1.36. The van der Waals surface area contributed by atoms with Crippen LogP contribution in [0.2, 0.25) is 0 Å².